The van der Waals surface area contributed by atoms with Gasteiger partial charge in [-0.15, -0.1) is 0 Å². The van der Waals surface area contributed by atoms with Crippen LogP contribution in [0.15, 0.2) is 162 Å². The molecule has 0 spiro atoms. The van der Waals surface area contributed by atoms with Crippen molar-refractivity contribution in [1.82, 2.24) is 0 Å². The molecule has 0 fully saturated rings. The first kappa shape index (κ1) is 54.4. The van der Waals surface area contributed by atoms with Crippen LogP contribution in [0.1, 0.15) is 205 Å². The maximum atomic E-state index is 7.79. The van der Waals surface area contributed by atoms with Gasteiger partial charge in [0.05, 0.1) is 0 Å². The van der Waals surface area contributed by atoms with Crippen molar-refractivity contribution in [3.8, 4) is 11.1 Å². The number of nitrogens with zero attached hydrogens (tertiary/aromatic N) is 3. The fourth-order valence-corrected chi connectivity index (χ4v) is 16.9. The minimum atomic E-state index is -0.105. The molecule has 430 valence electrons. The zero-order valence-corrected chi connectivity index (χ0v) is 53.1. The summed E-state index contributed by atoms with van der Waals surface area (Å²) in [4.78, 5) is 7.70. The van der Waals surface area contributed by atoms with Gasteiger partial charge in [-0.25, -0.2) is 0 Å². The highest BCUT2D eigenvalue weighted by Gasteiger charge is 2.50. The Morgan fingerprint density at radius 2 is 0.835 bits per heavy atom. The molecule has 2 atom stereocenters. The van der Waals surface area contributed by atoms with Gasteiger partial charge >= 0.3 is 0 Å². The molecule has 15 rings (SSSR count). The van der Waals surface area contributed by atoms with Gasteiger partial charge in [-0.3, -0.25) is 4.90 Å². The maximum absolute atomic E-state index is 7.79. The van der Waals surface area contributed by atoms with E-state index in [0.29, 0.717) is 11.8 Å². The van der Waals surface area contributed by atoms with Crippen molar-refractivity contribution in [2.45, 2.75) is 193 Å². The number of furan rings is 1. The van der Waals surface area contributed by atoms with Crippen molar-refractivity contribution in [2.75, 3.05) is 14.7 Å². The molecule has 0 saturated carbocycles. The van der Waals surface area contributed by atoms with Crippen LogP contribution in [0, 0.1) is 0 Å². The van der Waals surface area contributed by atoms with Crippen molar-refractivity contribution >= 4 is 85.5 Å². The summed E-state index contributed by atoms with van der Waals surface area (Å²) in [6.07, 6.45) is 9.33. The molecule has 0 amide bonds. The first-order valence-corrected chi connectivity index (χ1v) is 32.3. The van der Waals surface area contributed by atoms with Crippen LogP contribution < -0.4 is 31.1 Å². The summed E-state index contributed by atoms with van der Waals surface area (Å²) in [5, 5.41) is 1.26. The standard InChI is InChI=1S/C80H86BN3O/c1-49-25-26-50(2)59-46-71-60(45-58(49)59)72-74(85-71)84(57-32-34-62-64(44-57)78(9,10)38-36-76(62,5)6)70-42-52(51-27-29-55(30-28-51)82(53-21-17-15-18-22-53)54-23-19-16-20-24-54)41-69-73(70)81(72)67-47-65-66(80(13,14)40-39-79(65,11)12)48-68(67)83(69)56-31-33-61-63(43-56)77(7,8)37-35-75(61,3)4/h15-24,27-34,41-50H,25-26,35-40H2,1-14H3. The molecule has 8 aromatic carbocycles. The van der Waals surface area contributed by atoms with Crippen LogP contribution in [0.4, 0.5) is 51.4 Å². The summed E-state index contributed by atoms with van der Waals surface area (Å²) in [5.41, 5.74) is 28.8. The lowest BCUT2D eigenvalue weighted by Crippen LogP contribution is -2.61. The molecule has 4 nitrogen and oxygen atoms in total. The molecular weight excluding hydrogens is 1030 g/mol. The summed E-state index contributed by atoms with van der Waals surface area (Å²) in [7, 11) is 0. The molecule has 3 heterocycles. The van der Waals surface area contributed by atoms with E-state index in [2.05, 4.69) is 269 Å². The number of anilines is 9. The SMILES string of the molecule is CC1CCC(C)c2cc3c4c(oc3cc21)N(c1ccc2c(c1)C(C)(C)CCC2(C)C)c1cc(-c2ccc(N(c3ccccc3)c3ccccc3)cc2)cc2c1B4c1cc3c(cc1N2c1ccc2c(c1)C(C)(C)CCC2(C)C)C(C)(C)CCC3(C)C. The summed E-state index contributed by atoms with van der Waals surface area (Å²) in [5.74, 6) is 1.90. The van der Waals surface area contributed by atoms with Crippen LogP contribution in [0.25, 0.3) is 22.1 Å². The average molecular weight is 1120 g/mol. The maximum Gasteiger partial charge on any atom is 0.257 e. The van der Waals surface area contributed by atoms with Gasteiger partial charge < -0.3 is 14.2 Å². The van der Waals surface area contributed by atoms with Gasteiger partial charge in [0.15, 0.2) is 0 Å². The monoisotopic (exact) mass is 1120 g/mol. The highest BCUT2D eigenvalue weighted by atomic mass is 16.4. The average Bonchev–Trinajstić information content (AvgIpc) is 1.90. The van der Waals surface area contributed by atoms with E-state index < -0.39 is 0 Å². The molecule has 2 unspecified atom stereocenters. The van der Waals surface area contributed by atoms with Crippen LogP contribution in [0.3, 0.4) is 0 Å². The summed E-state index contributed by atoms with van der Waals surface area (Å²) in [6, 6.07) is 61.6. The Kier molecular flexibility index (Phi) is 11.9. The van der Waals surface area contributed by atoms with Crippen molar-refractivity contribution in [3.05, 3.63) is 202 Å². The lowest BCUT2D eigenvalue weighted by Gasteiger charge is -2.47. The first-order chi connectivity index (χ1) is 40.4. The normalized spacial score (nSPS) is 21.2. The van der Waals surface area contributed by atoms with Crippen molar-refractivity contribution in [1.29, 1.82) is 0 Å². The minimum Gasteiger partial charge on any atom is -0.440 e. The Balaban J connectivity index is 1.06. The lowest BCUT2D eigenvalue weighted by molar-refractivity contribution is 0.332. The van der Waals surface area contributed by atoms with Gasteiger partial charge in [-0.1, -0.05) is 164 Å². The number of fused-ring (bicyclic) bond motifs is 10. The highest BCUT2D eigenvalue weighted by molar-refractivity contribution is 7.01. The Morgan fingerprint density at radius 3 is 1.35 bits per heavy atom. The predicted octanol–water partition coefficient (Wildman–Crippen LogP) is 20.7. The molecule has 6 aliphatic rings. The van der Waals surface area contributed by atoms with Gasteiger partial charge in [-0.05, 0) is 253 Å². The summed E-state index contributed by atoms with van der Waals surface area (Å²) >= 11 is 0. The van der Waals surface area contributed by atoms with E-state index in [9.17, 15) is 0 Å². The van der Waals surface area contributed by atoms with Crippen LogP contribution in [0.5, 0.6) is 0 Å². The Bertz CT molecular complexity index is 4150. The van der Waals surface area contributed by atoms with Gasteiger partial charge in [0, 0.05) is 56.3 Å². The number of hydrogen-bond donors (Lipinski definition) is 0. The van der Waals surface area contributed by atoms with Crippen LogP contribution >= 0.6 is 0 Å². The summed E-state index contributed by atoms with van der Waals surface area (Å²) in [6.45, 7) is 34.5. The molecule has 0 N–H and O–H groups in total. The van der Waals surface area contributed by atoms with Gasteiger partial charge in [-0.2, -0.15) is 0 Å². The molecular formula is C80H86BN3O. The molecule has 9 aromatic rings. The first-order valence-electron chi connectivity index (χ1n) is 32.3. The van der Waals surface area contributed by atoms with E-state index in [-0.39, 0.29) is 39.2 Å². The molecule has 85 heavy (non-hydrogen) atoms. The third-order valence-corrected chi connectivity index (χ3v) is 22.6. The summed E-state index contributed by atoms with van der Waals surface area (Å²) < 4.78 is 7.79. The smallest absolute Gasteiger partial charge is 0.257 e. The Hall–Kier alpha value is -7.24. The molecule has 4 aliphatic carbocycles. The van der Waals surface area contributed by atoms with Gasteiger partial charge in [0.25, 0.3) is 6.71 Å². The van der Waals surface area contributed by atoms with Gasteiger partial charge in [0.2, 0.25) is 5.88 Å². The third-order valence-electron chi connectivity index (χ3n) is 22.6. The lowest BCUT2D eigenvalue weighted by atomic mass is 9.33. The number of rotatable bonds is 6. The van der Waals surface area contributed by atoms with E-state index in [4.69, 9.17) is 4.42 Å². The fraction of sp³-hybridized carbons (Fsp3) is 0.375. The number of para-hydroxylation sites is 2. The molecule has 0 saturated heterocycles. The molecule has 0 bridgehead atoms. The molecule has 5 heteroatoms. The Labute approximate surface area is 507 Å². The molecule has 2 aliphatic heterocycles. The second-order valence-corrected chi connectivity index (χ2v) is 31.0. The van der Waals surface area contributed by atoms with E-state index in [1.165, 1.54) is 126 Å². The van der Waals surface area contributed by atoms with Crippen molar-refractivity contribution < 1.29 is 4.42 Å². The topological polar surface area (TPSA) is 22.9 Å². The third kappa shape index (κ3) is 8.34. The molecule has 1 aromatic heterocycles. The van der Waals surface area contributed by atoms with Gasteiger partial charge in [0.1, 0.15) is 5.58 Å². The zero-order chi connectivity index (χ0) is 59.1. The van der Waals surface area contributed by atoms with Crippen molar-refractivity contribution in [3.63, 3.8) is 0 Å². The van der Waals surface area contributed by atoms with E-state index >= 15 is 0 Å². The van der Waals surface area contributed by atoms with Crippen molar-refractivity contribution in [2.24, 2.45) is 0 Å². The Morgan fingerprint density at radius 1 is 0.400 bits per heavy atom. The highest BCUT2D eigenvalue weighted by Crippen LogP contribution is 2.56. The quantitative estimate of drug-likeness (QED) is 0.155. The van der Waals surface area contributed by atoms with Crippen LogP contribution in [-0.4, -0.2) is 6.71 Å². The van der Waals surface area contributed by atoms with E-state index in [0.717, 1.165) is 59.9 Å². The zero-order valence-electron chi connectivity index (χ0n) is 53.1. The second-order valence-electron chi connectivity index (χ2n) is 31.0. The number of hydrogen-bond acceptors (Lipinski definition) is 4. The largest absolute Gasteiger partial charge is 0.440 e. The second kappa shape index (κ2) is 18.6. The number of benzene rings is 8. The van der Waals surface area contributed by atoms with Crippen LogP contribution in [0.2, 0.25) is 0 Å². The fourth-order valence-electron chi connectivity index (χ4n) is 16.9. The minimum absolute atomic E-state index is 0.00177. The van der Waals surface area contributed by atoms with Crippen LogP contribution in [-0.2, 0) is 32.5 Å². The van der Waals surface area contributed by atoms with E-state index in [1.807, 2.05) is 0 Å². The predicted molar refractivity (Wildman–Crippen MR) is 362 cm³/mol. The van der Waals surface area contributed by atoms with E-state index in [1.54, 1.807) is 0 Å². The molecule has 0 radical (unpaired) electrons.